The Bertz CT molecular complexity index is 862. The van der Waals surface area contributed by atoms with Gasteiger partial charge < -0.3 is 14.7 Å². The first-order valence-electron chi connectivity index (χ1n) is 11.0. The summed E-state index contributed by atoms with van der Waals surface area (Å²) in [4.78, 5) is 16.9. The van der Waals surface area contributed by atoms with E-state index in [1.807, 2.05) is 28.6 Å². The quantitative estimate of drug-likeness (QED) is 0.784. The summed E-state index contributed by atoms with van der Waals surface area (Å²) in [6.45, 7) is 6.47. The lowest BCUT2D eigenvalue weighted by atomic mass is 10.0. The van der Waals surface area contributed by atoms with Crippen LogP contribution in [0.15, 0.2) is 24.4 Å². The summed E-state index contributed by atoms with van der Waals surface area (Å²) in [7, 11) is 0. The molecule has 2 saturated heterocycles. The molecule has 8 nitrogen and oxygen atoms in total. The number of hydrogen-bond acceptors (Lipinski definition) is 6. The maximum atomic E-state index is 12.7. The SMILES string of the molecule is CCOc1cccc(CN2CCCC(n3cc(C(=O)N4CCCCC4)nn3)C2)c1O. The predicted octanol–water partition coefficient (Wildman–Crippen LogP) is 2.85. The smallest absolute Gasteiger partial charge is 0.276 e. The first kappa shape index (κ1) is 20.7. The Morgan fingerprint density at radius 1 is 1.20 bits per heavy atom. The highest BCUT2D eigenvalue weighted by atomic mass is 16.5. The molecule has 4 rings (SSSR count). The molecule has 1 N–H and O–H groups in total. The molecule has 3 heterocycles. The van der Waals surface area contributed by atoms with Crippen LogP contribution < -0.4 is 4.74 Å². The van der Waals surface area contributed by atoms with Crippen molar-refractivity contribution in [2.75, 3.05) is 32.8 Å². The summed E-state index contributed by atoms with van der Waals surface area (Å²) >= 11 is 0. The number of carbonyl (C=O) groups excluding carboxylic acids is 1. The third kappa shape index (κ3) is 4.59. The van der Waals surface area contributed by atoms with E-state index in [1.54, 1.807) is 12.3 Å². The second-order valence-corrected chi connectivity index (χ2v) is 8.16. The van der Waals surface area contributed by atoms with E-state index in [9.17, 15) is 9.90 Å². The molecule has 0 saturated carbocycles. The van der Waals surface area contributed by atoms with Crippen LogP contribution in [0.1, 0.15) is 61.1 Å². The van der Waals surface area contributed by atoms with Crippen LogP contribution in [0.2, 0.25) is 0 Å². The van der Waals surface area contributed by atoms with Gasteiger partial charge in [-0.15, -0.1) is 5.10 Å². The van der Waals surface area contributed by atoms with Crippen LogP contribution in [0, 0.1) is 0 Å². The Balaban J connectivity index is 1.40. The third-order valence-corrected chi connectivity index (χ3v) is 6.00. The average molecular weight is 414 g/mol. The number of hydrogen-bond donors (Lipinski definition) is 1. The first-order valence-corrected chi connectivity index (χ1v) is 11.0. The molecule has 0 spiro atoms. The third-order valence-electron chi connectivity index (χ3n) is 6.00. The molecule has 2 aliphatic heterocycles. The molecule has 1 amide bonds. The summed E-state index contributed by atoms with van der Waals surface area (Å²) in [6.07, 6.45) is 7.16. The van der Waals surface area contributed by atoms with E-state index >= 15 is 0 Å². The van der Waals surface area contributed by atoms with Crippen LogP contribution in [-0.4, -0.2) is 68.6 Å². The molecular weight excluding hydrogens is 382 g/mol. The van der Waals surface area contributed by atoms with E-state index in [4.69, 9.17) is 4.74 Å². The van der Waals surface area contributed by atoms with E-state index in [-0.39, 0.29) is 17.7 Å². The molecule has 1 aromatic carbocycles. The molecule has 30 heavy (non-hydrogen) atoms. The average Bonchev–Trinajstić information content (AvgIpc) is 3.27. The molecule has 1 atom stereocenters. The van der Waals surface area contributed by atoms with E-state index < -0.39 is 0 Å². The van der Waals surface area contributed by atoms with E-state index in [0.717, 1.165) is 57.4 Å². The van der Waals surface area contributed by atoms with Crippen molar-refractivity contribution in [3.05, 3.63) is 35.7 Å². The van der Waals surface area contributed by atoms with E-state index in [2.05, 4.69) is 15.2 Å². The highest BCUT2D eigenvalue weighted by Crippen LogP contribution is 2.32. The fraction of sp³-hybridized carbons (Fsp3) is 0.591. The van der Waals surface area contributed by atoms with Gasteiger partial charge in [-0.25, -0.2) is 4.68 Å². The zero-order valence-corrected chi connectivity index (χ0v) is 17.7. The molecule has 0 aliphatic carbocycles. The van der Waals surface area contributed by atoms with Crippen LogP contribution in [0.4, 0.5) is 0 Å². The molecule has 2 fully saturated rings. The van der Waals surface area contributed by atoms with Crippen molar-refractivity contribution in [2.45, 2.75) is 51.6 Å². The van der Waals surface area contributed by atoms with Gasteiger partial charge in [-0.1, -0.05) is 17.3 Å². The Morgan fingerprint density at radius 2 is 2.03 bits per heavy atom. The van der Waals surface area contributed by atoms with Crippen LogP contribution in [-0.2, 0) is 6.54 Å². The number of aromatic nitrogens is 3. The number of piperidine rings is 2. The zero-order valence-electron chi connectivity index (χ0n) is 17.7. The second-order valence-electron chi connectivity index (χ2n) is 8.16. The lowest BCUT2D eigenvalue weighted by Crippen LogP contribution is -2.36. The van der Waals surface area contributed by atoms with E-state index in [1.165, 1.54) is 6.42 Å². The number of para-hydroxylation sites is 1. The van der Waals surface area contributed by atoms with Gasteiger partial charge in [0.15, 0.2) is 17.2 Å². The molecule has 1 unspecified atom stereocenters. The molecular formula is C22H31N5O3. The fourth-order valence-corrected chi connectivity index (χ4v) is 4.41. The van der Waals surface area contributed by atoms with Gasteiger partial charge in [-0.2, -0.15) is 0 Å². The Hall–Kier alpha value is -2.61. The first-order chi connectivity index (χ1) is 14.7. The molecule has 0 bridgehead atoms. The zero-order chi connectivity index (χ0) is 20.9. The highest BCUT2D eigenvalue weighted by molar-refractivity contribution is 5.91. The largest absolute Gasteiger partial charge is 0.504 e. The summed E-state index contributed by atoms with van der Waals surface area (Å²) in [5.74, 6) is 0.739. The maximum Gasteiger partial charge on any atom is 0.276 e. The topological polar surface area (TPSA) is 83.7 Å². The molecule has 0 radical (unpaired) electrons. The summed E-state index contributed by atoms with van der Waals surface area (Å²) in [5.41, 5.74) is 1.30. The minimum atomic E-state index is -0.00808. The van der Waals surface area contributed by atoms with Crippen molar-refractivity contribution in [3.8, 4) is 11.5 Å². The monoisotopic (exact) mass is 413 g/mol. The van der Waals surface area contributed by atoms with Gasteiger partial charge in [0, 0.05) is 31.7 Å². The highest BCUT2D eigenvalue weighted by Gasteiger charge is 2.26. The van der Waals surface area contributed by atoms with Gasteiger partial charge in [0.1, 0.15) is 0 Å². The van der Waals surface area contributed by atoms with Crippen LogP contribution in [0.5, 0.6) is 11.5 Å². The van der Waals surface area contributed by atoms with Gasteiger partial charge in [0.2, 0.25) is 0 Å². The number of phenolic OH excluding ortho intramolecular Hbond substituents is 1. The van der Waals surface area contributed by atoms with Gasteiger partial charge in [-0.3, -0.25) is 9.69 Å². The number of nitrogens with zero attached hydrogens (tertiary/aromatic N) is 5. The van der Waals surface area contributed by atoms with Crippen LogP contribution in [0.3, 0.4) is 0 Å². The number of benzene rings is 1. The van der Waals surface area contributed by atoms with Crippen LogP contribution in [0.25, 0.3) is 0 Å². The predicted molar refractivity (Wildman–Crippen MR) is 113 cm³/mol. The lowest BCUT2D eigenvalue weighted by molar-refractivity contribution is 0.0718. The number of carbonyl (C=O) groups is 1. The van der Waals surface area contributed by atoms with Crippen molar-refractivity contribution in [1.29, 1.82) is 0 Å². The molecule has 162 valence electrons. The number of aromatic hydroxyl groups is 1. The molecule has 8 heteroatoms. The number of rotatable bonds is 6. The number of ether oxygens (including phenoxy) is 1. The van der Waals surface area contributed by atoms with Crippen molar-refractivity contribution in [2.24, 2.45) is 0 Å². The van der Waals surface area contributed by atoms with Crippen molar-refractivity contribution in [1.82, 2.24) is 24.8 Å². The molecule has 1 aromatic heterocycles. The number of phenols is 1. The van der Waals surface area contributed by atoms with Gasteiger partial charge in [-0.05, 0) is 51.6 Å². The van der Waals surface area contributed by atoms with Crippen molar-refractivity contribution >= 4 is 5.91 Å². The minimum Gasteiger partial charge on any atom is -0.504 e. The summed E-state index contributed by atoms with van der Waals surface area (Å²) in [6, 6.07) is 5.81. The number of likely N-dealkylation sites (tertiary alicyclic amines) is 2. The standard InChI is InChI=1S/C22H31N5O3/c1-2-30-20-10-6-8-17(21(20)28)14-25-11-7-9-18(15-25)27-16-19(23-24-27)22(29)26-12-4-3-5-13-26/h6,8,10,16,18,28H,2-5,7,9,11-15H2,1H3. The number of amides is 1. The molecule has 2 aromatic rings. The van der Waals surface area contributed by atoms with E-state index in [0.29, 0.717) is 24.6 Å². The molecule has 2 aliphatic rings. The van der Waals surface area contributed by atoms with Gasteiger partial charge >= 0.3 is 0 Å². The Morgan fingerprint density at radius 3 is 2.83 bits per heavy atom. The summed E-state index contributed by atoms with van der Waals surface area (Å²) in [5, 5.41) is 18.9. The van der Waals surface area contributed by atoms with Crippen molar-refractivity contribution in [3.63, 3.8) is 0 Å². The normalized spacial score (nSPS) is 20.3. The lowest BCUT2D eigenvalue weighted by Gasteiger charge is -2.32. The Kier molecular flexibility index (Phi) is 6.52. The Labute approximate surface area is 177 Å². The van der Waals surface area contributed by atoms with Gasteiger partial charge in [0.05, 0.1) is 18.8 Å². The minimum absolute atomic E-state index is 0.00808. The summed E-state index contributed by atoms with van der Waals surface area (Å²) < 4.78 is 7.35. The second kappa shape index (κ2) is 9.47. The van der Waals surface area contributed by atoms with Crippen LogP contribution >= 0.6 is 0 Å². The van der Waals surface area contributed by atoms with Crippen molar-refractivity contribution < 1.29 is 14.6 Å². The fourth-order valence-electron chi connectivity index (χ4n) is 4.41. The van der Waals surface area contributed by atoms with Gasteiger partial charge in [0.25, 0.3) is 5.91 Å². The maximum absolute atomic E-state index is 12.7.